The first-order valence-corrected chi connectivity index (χ1v) is 6.83. The number of rotatable bonds is 5. The molecule has 0 atom stereocenters. The summed E-state index contributed by atoms with van der Waals surface area (Å²) in [6, 6.07) is 4.95. The third-order valence-corrected chi connectivity index (χ3v) is 3.26. The zero-order valence-corrected chi connectivity index (χ0v) is 12.0. The molecule has 6 heteroatoms. The molecule has 0 aliphatic rings. The lowest BCUT2D eigenvalue weighted by Gasteiger charge is -2.19. The molecule has 0 unspecified atom stereocenters. The third-order valence-electron chi connectivity index (χ3n) is 3.26. The van der Waals surface area contributed by atoms with Crippen LogP contribution in [0.2, 0.25) is 0 Å². The van der Waals surface area contributed by atoms with Crippen molar-refractivity contribution in [3.8, 4) is 0 Å². The molecule has 112 valence electrons. The summed E-state index contributed by atoms with van der Waals surface area (Å²) in [5, 5.41) is 0. The minimum Gasteiger partial charge on any atom is -0.343 e. The van der Waals surface area contributed by atoms with Crippen LogP contribution in [0.25, 0.3) is 0 Å². The summed E-state index contributed by atoms with van der Waals surface area (Å²) < 4.78 is 27.3. The largest absolute Gasteiger partial charge is 0.343 e. The molecule has 1 aromatic heterocycles. The number of aromatic amines is 1. The van der Waals surface area contributed by atoms with Crippen LogP contribution in [0, 0.1) is 11.6 Å². The summed E-state index contributed by atoms with van der Waals surface area (Å²) in [4.78, 5) is 20.5. The Morgan fingerprint density at radius 1 is 1.19 bits per heavy atom. The van der Waals surface area contributed by atoms with Crippen molar-refractivity contribution in [3.05, 3.63) is 57.5 Å². The zero-order valence-electron chi connectivity index (χ0n) is 12.0. The average molecular weight is 293 g/mol. The lowest BCUT2D eigenvalue weighted by atomic mass is 10.1. The fourth-order valence-corrected chi connectivity index (χ4v) is 2.14. The first-order chi connectivity index (χ1) is 10.0. The summed E-state index contributed by atoms with van der Waals surface area (Å²) in [5.74, 6) is -0.859. The summed E-state index contributed by atoms with van der Waals surface area (Å²) in [6.45, 7) is 5.23. The molecular weight excluding hydrogens is 276 g/mol. The van der Waals surface area contributed by atoms with E-state index in [0.717, 1.165) is 0 Å². The maximum Gasteiger partial charge on any atom is 0.252 e. The standard InChI is InChI=1S/C15H17F2N3O/c1-3-20(4-2)15-18-10(9-14(21)19-15)8-11-12(16)6-5-7-13(11)17/h5-7,9H,3-4,8H2,1-2H3,(H,18,19,21). The lowest BCUT2D eigenvalue weighted by Crippen LogP contribution is -2.27. The SMILES string of the molecule is CCN(CC)c1nc(Cc2c(F)cccc2F)cc(=O)[nH]1. The van der Waals surface area contributed by atoms with Crippen molar-refractivity contribution in [2.75, 3.05) is 18.0 Å². The van der Waals surface area contributed by atoms with E-state index in [1.165, 1.54) is 24.3 Å². The highest BCUT2D eigenvalue weighted by molar-refractivity contribution is 5.32. The number of nitrogens with zero attached hydrogens (tertiary/aromatic N) is 2. The van der Waals surface area contributed by atoms with E-state index in [-0.39, 0.29) is 17.5 Å². The minimum absolute atomic E-state index is 0.0588. The first kappa shape index (κ1) is 15.2. The number of benzene rings is 1. The van der Waals surface area contributed by atoms with E-state index in [1.807, 2.05) is 18.7 Å². The molecule has 0 aliphatic heterocycles. The van der Waals surface area contributed by atoms with E-state index in [1.54, 1.807) is 0 Å². The van der Waals surface area contributed by atoms with E-state index in [4.69, 9.17) is 0 Å². The summed E-state index contributed by atoms with van der Waals surface area (Å²) in [7, 11) is 0. The molecule has 1 N–H and O–H groups in total. The van der Waals surface area contributed by atoms with Crippen molar-refractivity contribution in [1.82, 2.24) is 9.97 Å². The number of aromatic nitrogens is 2. The Morgan fingerprint density at radius 2 is 1.81 bits per heavy atom. The Hall–Kier alpha value is -2.24. The lowest BCUT2D eigenvalue weighted by molar-refractivity contribution is 0.560. The highest BCUT2D eigenvalue weighted by atomic mass is 19.1. The van der Waals surface area contributed by atoms with Crippen LogP contribution in [0.15, 0.2) is 29.1 Å². The molecule has 0 saturated heterocycles. The van der Waals surface area contributed by atoms with Gasteiger partial charge in [0.25, 0.3) is 5.56 Å². The molecule has 0 fully saturated rings. The van der Waals surface area contributed by atoms with Crippen LogP contribution in [-0.2, 0) is 6.42 Å². The van der Waals surface area contributed by atoms with Crippen LogP contribution in [0.3, 0.4) is 0 Å². The van der Waals surface area contributed by atoms with E-state index < -0.39 is 11.6 Å². The van der Waals surface area contributed by atoms with Gasteiger partial charge in [0, 0.05) is 31.1 Å². The van der Waals surface area contributed by atoms with Gasteiger partial charge in [-0.2, -0.15) is 0 Å². The Kier molecular flexibility index (Phi) is 4.67. The number of hydrogen-bond acceptors (Lipinski definition) is 3. The Balaban J connectivity index is 2.39. The van der Waals surface area contributed by atoms with Gasteiger partial charge >= 0.3 is 0 Å². The smallest absolute Gasteiger partial charge is 0.252 e. The summed E-state index contributed by atoms with van der Waals surface area (Å²) in [5.41, 5.74) is -0.0793. The number of nitrogens with one attached hydrogen (secondary N) is 1. The van der Waals surface area contributed by atoms with E-state index in [0.29, 0.717) is 24.7 Å². The average Bonchev–Trinajstić information content (AvgIpc) is 2.44. The van der Waals surface area contributed by atoms with Crippen LogP contribution in [-0.4, -0.2) is 23.1 Å². The molecule has 0 amide bonds. The highest BCUT2D eigenvalue weighted by Crippen LogP contribution is 2.16. The molecule has 2 rings (SSSR count). The molecule has 0 saturated carbocycles. The molecule has 2 aromatic rings. The molecule has 4 nitrogen and oxygen atoms in total. The Labute approximate surface area is 121 Å². The number of anilines is 1. The normalized spacial score (nSPS) is 10.7. The summed E-state index contributed by atoms with van der Waals surface area (Å²) >= 11 is 0. The van der Waals surface area contributed by atoms with Crippen molar-refractivity contribution in [2.24, 2.45) is 0 Å². The second-order valence-electron chi connectivity index (χ2n) is 4.61. The van der Waals surface area contributed by atoms with Crippen LogP contribution < -0.4 is 10.5 Å². The van der Waals surface area contributed by atoms with Crippen molar-refractivity contribution in [1.29, 1.82) is 0 Å². The third kappa shape index (κ3) is 3.45. The maximum atomic E-state index is 13.7. The van der Waals surface area contributed by atoms with Crippen LogP contribution in [0.4, 0.5) is 14.7 Å². The van der Waals surface area contributed by atoms with Gasteiger partial charge in [-0.25, -0.2) is 13.8 Å². The van der Waals surface area contributed by atoms with Crippen molar-refractivity contribution in [2.45, 2.75) is 20.3 Å². The van der Waals surface area contributed by atoms with Crippen LogP contribution in [0.5, 0.6) is 0 Å². The number of hydrogen-bond donors (Lipinski definition) is 1. The van der Waals surface area contributed by atoms with Gasteiger partial charge in [0.05, 0.1) is 5.69 Å². The van der Waals surface area contributed by atoms with Gasteiger partial charge in [0.15, 0.2) is 0 Å². The van der Waals surface area contributed by atoms with Crippen LogP contribution in [0.1, 0.15) is 25.1 Å². The van der Waals surface area contributed by atoms with E-state index in [2.05, 4.69) is 9.97 Å². The van der Waals surface area contributed by atoms with E-state index >= 15 is 0 Å². The van der Waals surface area contributed by atoms with Crippen LogP contribution >= 0.6 is 0 Å². The second kappa shape index (κ2) is 6.47. The highest BCUT2D eigenvalue weighted by Gasteiger charge is 2.12. The monoisotopic (exact) mass is 293 g/mol. The molecule has 0 aliphatic carbocycles. The number of H-pyrrole nitrogens is 1. The molecule has 0 radical (unpaired) electrons. The first-order valence-electron chi connectivity index (χ1n) is 6.83. The zero-order chi connectivity index (χ0) is 15.4. The molecule has 1 heterocycles. The topological polar surface area (TPSA) is 49.0 Å². The van der Waals surface area contributed by atoms with Gasteiger partial charge in [-0.05, 0) is 26.0 Å². The minimum atomic E-state index is -0.638. The van der Waals surface area contributed by atoms with Gasteiger partial charge in [-0.1, -0.05) is 6.07 Å². The molecule has 21 heavy (non-hydrogen) atoms. The fourth-order valence-electron chi connectivity index (χ4n) is 2.14. The summed E-state index contributed by atoms with van der Waals surface area (Å²) in [6.07, 6.45) is -0.0588. The molecular formula is C15H17F2N3O. The van der Waals surface area contributed by atoms with E-state index in [9.17, 15) is 13.6 Å². The second-order valence-corrected chi connectivity index (χ2v) is 4.61. The van der Waals surface area contributed by atoms with Gasteiger partial charge in [-0.15, -0.1) is 0 Å². The van der Waals surface area contributed by atoms with Gasteiger partial charge in [0.1, 0.15) is 11.6 Å². The fraction of sp³-hybridized carbons (Fsp3) is 0.333. The van der Waals surface area contributed by atoms with Gasteiger partial charge < -0.3 is 4.90 Å². The Bertz CT molecular complexity index is 661. The van der Waals surface area contributed by atoms with Gasteiger partial charge in [-0.3, -0.25) is 9.78 Å². The maximum absolute atomic E-state index is 13.7. The molecule has 0 bridgehead atoms. The van der Waals surface area contributed by atoms with Crippen molar-refractivity contribution in [3.63, 3.8) is 0 Å². The predicted molar refractivity (Wildman–Crippen MR) is 77.6 cm³/mol. The predicted octanol–water partition coefficient (Wildman–Crippen LogP) is 2.49. The van der Waals surface area contributed by atoms with Crippen molar-refractivity contribution < 1.29 is 8.78 Å². The quantitative estimate of drug-likeness (QED) is 0.921. The molecule has 0 spiro atoms. The van der Waals surface area contributed by atoms with Crippen molar-refractivity contribution >= 4 is 5.95 Å². The van der Waals surface area contributed by atoms with Gasteiger partial charge in [0.2, 0.25) is 5.95 Å². The number of halogens is 2. The molecule has 1 aromatic carbocycles. The Morgan fingerprint density at radius 3 is 2.38 bits per heavy atom.